The number of anilines is 1. The molecule has 114 valence electrons. The average molecular weight is 301 g/mol. The van der Waals surface area contributed by atoms with Gasteiger partial charge in [-0.05, 0) is 55.8 Å². The zero-order valence-corrected chi connectivity index (χ0v) is 12.4. The Morgan fingerprint density at radius 1 is 1.09 bits per heavy atom. The highest BCUT2D eigenvalue weighted by molar-refractivity contribution is 6.05. The molecular weight excluding hydrogens is 285 g/mol. The lowest BCUT2D eigenvalue weighted by atomic mass is 10.1. The summed E-state index contributed by atoms with van der Waals surface area (Å²) in [6, 6.07) is 10.2. The molecule has 22 heavy (non-hydrogen) atoms. The number of rotatable bonds is 4. The highest BCUT2D eigenvalue weighted by atomic mass is 19.1. The molecule has 0 bridgehead atoms. The molecule has 0 saturated carbocycles. The summed E-state index contributed by atoms with van der Waals surface area (Å²) in [4.78, 5) is 23.9. The first kappa shape index (κ1) is 15.7. The number of carbonyl (C=O) groups excluding carboxylic acids is 2. The van der Waals surface area contributed by atoms with E-state index in [1.54, 1.807) is 25.1 Å². The van der Waals surface area contributed by atoms with Crippen molar-refractivity contribution in [1.82, 2.24) is 0 Å². The van der Waals surface area contributed by atoms with Crippen LogP contribution in [-0.2, 0) is 4.74 Å². The molecule has 0 fully saturated rings. The molecule has 0 radical (unpaired) electrons. The Morgan fingerprint density at radius 2 is 1.73 bits per heavy atom. The van der Waals surface area contributed by atoms with Crippen LogP contribution in [0.2, 0.25) is 0 Å². The quantitative estimate of drug-likeness (QED) is 0.878. The van der Waals surface area contributed by atoms with Crippen LogP contribution in [0.25, 0.3) is 0 Å². The highest BCUT2D eigenvalue weighted by Crippen LogP contribution is 2.19. The van der Waals surface area contributed by atoms with Crippen LogP contribution in [0, 0.1) is 12.7 Å². The Labute approximate surface area is 127 Å². The van der Waals surface area contributed by atoms with E-state index in [1.165, 1.54) is 24.3 Å². The van der Waals surface area contributed by atoms with Crippen LogP contribution in [0.5, 0.6) is 0 Å². The first-order valence-corrected chi connectivity index (χ1v) is 6.86. The van der Waals surface area contributed by atoms with Gasteiger partial charge < -0.3 is 10.1 Å². The number of esters is 1. The second kappa shape index (κ2) is 6.85. The normalized spacial score (nSPS) is 10.1. The van der Waals surface area contributed by atoms with Crippen molar-refractivity contribution in [2.75, 3.05) is 11.9 Å². The van der Waals surface area contributed by atoms with Gasteiger partial charge in [-0.15, -0.1) is 0 Å². The monoisotopic (exact) mass is 301 g/mol. The van der Waals surface area contributed by atoms with Crippen molar-refractivity contribution in [3.63, 3.8) is 0 Å². The van der Waals surface area contributed by atoms with E-state index in [1.807, 2.05) is 6.92 Å². The van der Waals surface area contributed by atoms with E-state index >= 15 is 0 Å². The molecular formula is C17H16FNO3. The molecule has 0 aliphatic carbocycles. The topological polar surface area (TPSA) is 55.4 Å². The second-order valence-electron chi connectivity index (χ2n) is 4.71. The van der Waals surface area contributed by atoms with E-state index in [4.69, 9.17) is 4.74 Å². The Morgan fingerprint density at radius 3 is 2.36 bits per heavy atom. The van der Waals surface area contributed by atoms with Gasteiger partial charge >= 0.3 is 5.97 Å². The number of benzene rings is 2. The minimum atomic E-state index is -0.445. The predicted molar refractivity (Wildman–Crippen MR) is 81.5 cm³/mol. The fourth-order valence-corrected chi connectivity index (χ4v) is 1.89. The number of nitrogens with one attached hydrogen (secondary N) is 1. The van der Waals surface area contributed by atoms with E-state index in [0.717, 1.165) is 5.56 Å². The molecule has 0 atom stereocenters. The summed E-state index contributed by atoms with van der Waals surface area (Å²) in [5.41, 5.74) is 2.02. The van der Waals surface area contributed by atoms with Gasteiger partial charge in [0.25, 0.3) is 5.91 Å². The summed E-state index contributed by atoms with van der Waals surface area (Å²) >= 11 is 0. The molecule has 2 aromatic rings. The molecule has 0 heterocycles. The third-order valence-corrected chi connectivity index (χ3v) is 3.10. The largest absolute Gasteiger partial charge is 0.462 e. The van der Waals surface area contributed by atoms with Gasteiger partial charge in [-0.2, -0.15) is 0 Å². The maximum Gasteiger partial charge on any atom is 0.338 e. The Balaban J connectivity index is 2.21. The number of hydrogen-bond donors (Lipinski definition) is 1. The summed E-state index contributed by atoms with van der Waals surface area (Å²) < 4.78 is 17.8. The molecule has 5 heteroatoms. The van der Waals surface area contributed by atoms with Gasteiger partial charge in [-0.25, -0.2) is 9.18 Å². The molecule has 0 aromatic heterocycles. The maximum absolute atomic E-state index is 12.9. The van der Waals surface area contributed by atoms with Gasteiger partial charge in [-0.1, -0.05) is 6.07 Å². The van der Waals surface area contributed by atoms with Crippen LogP contribution in [0.1, 0.15) is 33.2 Å². The number of hydrogen-bond acceptors (Lipinski definition) is 3. The third kappa shape index (κ3) is 3.69. The molecule has 0 spiro atoms. The number of carbonyl (C=O) groups is 2. The molecule has 1 amide bonds. The lowest BCUT2D eigenvalue weighted by Crippen LogP contribution is -2.14. The van der Waals surface area contributed by atoms with Crippen molar-refractivity contribution in [2.45, 2.75) is 13.8 Å². The standard InChI is InChI=1S/C17H16FNO3/c1-3-22-17(21)13-5-4-11(2)15(10-13)19-16(20)12-6-8-14(18)9-7-12/h4-10H,3H2,1-2H3,(H,19,20). The van der Waals surface area contributed by atoms with E-state index < -0.39 is 11.8 Å². The van der Waals surface area contributed by atoms with Crippen LogP contribution in [-0.4, -0.2) is 18.5 Å². The number of halogens is 1. The lowest BCUT2D eigenvalue weighted by molar-refractivity contribution is 0.0526. The van der Waals surface area contributed by atoms with Crippen molar-refractivity contribution >= 4 is 17.6 Å². The number of amides is 1. The Hall–Kier alpha value is -2.69. The third-order valence-electron chi connectivity index (χ3n) is 3.10. The number of ether oxygens (including phenoxy) is 1. The summed E-state index contributed by atoms with van der Waals surface area (Å²) in [5.74, 6) is -1.22. The van der Waals surface area contributed by atoms with Crippen LogP contribution >= 0.6 is 0 Å². The van der Waals surface area contributed by atoms with Crippen molar-refractivity contribution in [3.05, 3.63) is 65.0 Å². The fourth-order valence-electron chi connectivity index (χ4n) is 1.89. The maximum atomic E-state index is 12.9. The van der Waals surface area contributed by atoms with Gasteiger partial charge in [0, 0.05) is 11.3 Å². The van der Waals surface area contributed by atoms with Crippen LogP contribution < -0.4 is 5.32 Å². The highest BCUT2D eigenvalue weighted by Gasteiger charge is 2.12. The zero-order chi connectivity index (χ0) is 16.1. The van der Waals surface area contributed by atoms with Crippen LogP contribution in [0.3, 0.4) is 0 Å². The van der Waals surface area contributed by atoms with E-state index in [9.17, 15) is 14.0 Å². The minimum Gasteiger partial charge on any atom is -0.462 e. The van der Waals surface area contributed by atoms with Crippen molar-refractivity contribution < 1.29 is 18.7 Å². The summed E-state index contributed by atoms with van der Waals surface area (Å²) in [6.07, 6.45) is 0. The molecule has 2 rings (SSSR count). The SMILES string of the molecule is CCOC(=O)c1ccc(C)c(NC(=O)c2ccc(F)cc2)c1. The zero-order valence-electron chi connectivity index (χ0n) is 12.4. The average Bonchev–Trinajstić information content (AvgIpc) is 2.50. The van der Waals surface area contributed by atoms with Gasteiger partial charge in [0.05, 0.1) is 12.2 Å². The van der Waals surface area contributed by atoms with Crippen molar-refractivity contribution in [1.29, 1.82) is 0 Å². The summed E-state index contributed by atoms with van der Waals surface area (Å²) in [6.45, 7) is 3.82. The van der Waals surface area contributed by atoms with Gasteiger partial charge in [0.1, 0.15) is 5.82 Å². The van der Waals surface area contributed by atoms with Crippen molar-refractivity contribution in [3.8, 4) is 0 Å². The molecule has 1 N–H and O–H groups in total. The van der Waals surface area contributed by atoms with Crippen molar-refractivity contribution in [2.24, 2.45) is 0 Å². The summed E-state index contributed by atoms with van der Waals surface area (Å²) in [5, 5.41) is 2.71. The second-order valence-corrected chi connectivity index (χ2v) is 4.71. The molecule has 4 nitrogen and oxygen atoms in total. The summed E-state index contributed by atoms with van der Waals surface area (Å²) in [7, 11) is 0. The van der Waals surface area contributed by atoms with Crippen LogP contribution in [0.15, 0.2) is 42.5 Å². The van der Waals surface area contributed by atoms with Gasteiger partial charge in [-0.3, -0.25) is 4.79 Å². The van der Waals surface area contributed by atoms with Crippen LogP contribution in [0.4, 0.5) is 10.1 Å². The van der Waals surface area contributed by atoms with E-state index in [-0.39, 0.29) is 12.5 Å². The smallest absolute Gasteiger partial charge is 0.338 e. The van der Waals surface area contributed by atoms with E-state index in [0.29, 0.717) is 16.8 Å². The molecule has 0 aliphatic heterocycles. The van der Waals surface area contributed by atoms with E-state index in [2.05, 4.69) is 5.32 Å². The van der Waals surface area contributed by atoms with Gasteiger partial charge in [0.15, 0.2) is 0 Å². The minimum absolute atomic E-state index is 0.282. The number of aryl methyl sites for hydroxylation is 1. The Bertz CT molecular complexity index is 696. The fraction of sp³-hybridized carbons (Fsp3) is 0.176. The lowest BCUT2D eigenvalue weighted by Gasteiger charge is -2.10. The molecule has 0 unspecified atom stereocenters. The van der Waals surface area contributed by atoms with Gasteiger partial charge in [0.2, 0.25) is 0 Å². The molecule has 0 aliphatic rings. The first-order chi connectivity index (χ1) is 10.5. The Kier molecular flexibility index (Phi) is 4.88. The molecule has 0 saturated heterocycles. The molecule has 2 aromatic carbocycles. The first-order valence-electron chi connectivity index (χ1n) is 6.86. The predicted octanol–water partition coefficient (Wildman–Crippen LogP) is 3.56.